The summed E-state index contributed by atoms with van der Waals surface area (Å²) in [5.74, 6) is 0.779. The maximum Gasteiger partial charge on any atom is 0.243 e. The number of nitrogens with zero attached hydrogens (tertiary/aromatic N) is 1. The highest BCUT2D eigenvalue weighted by Gasteiger charge is 2.18. The fraction of sp³-hybridized carbons (Fsp3) is 0.619. The molecule has 0 aromatic heterocycles. The first-order valence-electron chi connectivity index (χ1n) is 10.1. The lowest BCUT2D eigenvalue weighted by Gasteiger charge is -2.24. The molecule has 5 nitrogen and oxygen atoms in total. The van der Waals surface area contributed by atoms with Gasteiger partial charge in [0.25, 0.3) is 0 Å². The van der Waals surface area contributed by atoms with Crippen LogP contribution in [0.5, 0.6) is 0 Å². The number of hydrogen-bond acceptors (Lipinski definition) is 3. The molecule has 26 heavy (non-hydrogen) atoms. The Kier molecular flexibility index (Phi) is 6.92. The Balaban J connectivity index is 1.45. The summed E-state index contributed by atoms with van der Waals surface area (Å²) in [6, 6.07) is 7.85. The van der Waals surface area contributed by atoms with Gasteiger partial charge in [-0.2, -0.15) is 0 Å². The number of hydrogen-bond donors (Lipinski definition) is 2. The molecule has 1 aromatic carbocycles. The molecule has 142 valence electrons. The second kappa shape index (κ2) is 9.60. The van der Waals surface area contributed by atoms with Crippen molar-refractivity contribution in [3.8, 4) is 0 Å². The Morgan fingerprint density at radius 1 is 0.962 bits per heavy atom. The predicted molar refractivity (Wildman–Crippen MR) is 105 cm³/mol. The Hall–Kier alpha value is -2.04. The monoisotopic (exact) mass is 357 g/mol. The van der Waals surface area contributed by atoms with E-state index in [-0.39, 0.29) is 18.4 Å². The zero-order valence-corrected chi connectivity index (χ0v) is 15.6. The molecule has 2 fully saturated rings. The summed E-state index contributed by atoms with van der Waals surface area (Å²) in [5, 5.41) is 6.40. The van der Waals surface area contributed by atoms with Gasteiger partial charge >= 0.3 is 0 Å². The van der Waals surface area contributed by atoms with E-state index in [0.29, 0.717) is 13.0 Å². The van der Waals surface area contributed by atoms with Crippen molar-refractivity contribution in [2.75, 3.05) is 30.3 Å². The Morgan fingerprint density at radius 2 is 1.65 bits per heavy atom. The molecule has 1 saturated carbocycles. The van der Waals surface area contributed by atoms with Crippen LogP contribution in [0.3, 0.4) is 0 Å². The molecule has 1 aromatic rings. The number of benzene rings is 1. The van der Waals surface area contributed by atoms with Crippen LogP contribution in [0.2, 0.25) is 0 Å². The molecular weight excluding hydrogens is 326 g/mol. The highest BCUT2D eigenvalue weighted by molar-refractivity contribution is 5.94. The van der Waals surface area contributed by atoms with E-state index < -0.39 is 0 Å². The number of anilines is 2. The smallest absolute Gasteiger partial charge is 0.243 e. The minimum absolute atomic E-state index is 0.103. The first kappa shape index (κ1) is 18.7. The van der Waals surface area contributed by atoms with Gasteiger partial charge in [0, 0.05) is 30.9 Å². The van der Waals surface area contributed by atoms with Gasteiger partial charge in [-0.25, -0.2) is 0 Å². The van der Waals surface area contributed by atoms with Crippen LogP contribution >= 0.6 is 0 Å². The maximum atomic E-state index is 12.3. The van der Waals surface area contributed by atoms with Gasteiger partial charge in [0.1, 0.15) is 0 Å². The van der Waals surface area contributed by atoms with E-state index in [0.717, 1.165) is 49.5 Å². The van der Waals surface area contributed by atoms with Crippen LogP contribution in [0.4, 0.5) is 11.4 Å². The number of rotatable bonds is 6. The second-order valence-electron chi connectivity index (χ2n) is 7.64. The molecule has 2 aliphatic rings. The van der Waals surface area contributed by atoms with Gasteiger partial charge in [-0.1, -0.05) is 25.7 Å². The van der Waals surface area contributed by atoms with Gasteiger partial charge in [0.15, 0.2) is 0 Å². The third kappa shape index (κ3) is 5.75. The van der Waals surface area contributed by atoms with Crippen LogP contribution in [-0.2, 0) is 9.59 Å². The number of nitrogens with one attached hydrogen (secondary N) is 2. The van der Waals surface area contributed by atoms with E-state index in [9.17, 15) is 9.59 Å². The zero-order valence-electron chi connectivity index (χ0n) is 15.6. The number of likely N-dealkylation sites (tertiary alicyclic amines) is 1. The van der Waals surface area contributed by atoms with Crippen molar-refractivity contribution in [3.05, 3.63) is 24.3 Å². The predicted octanol–water partition coefficient (Wildman–Crippen LogP) is 4.02. The summed E-state index contributed by atoms with van der Waals surface area (Å²) in [7, 11) is 0. The average molecular weight is 357 g/mol. The van der Waals surface area contributed by atoms with E-state index in [4.69, 9.17) is 0 Å². The van der Waals surface area contributed by atoms with E-state index in [1.807, 2.05) is 24.3 Å². The topological polar surface area (TPSA) is 61.4 Å². The lowest BCUT2D eigenvalue weighted by atomic mass is 10.1. The summed E-state index contributed by atoms with van der Waals surface area (Å²) >= 11 is 0. The molecule has 0 spiro atoms. The van der Waals surface area contributed by atoms with Gasteiger partial charge in [-0.3, -0.25) is 9.59 Å². The first-order chi connectivity index (χ1) is 12.7. The molecule has 0 radical (unpaired) electrons. The molecule has 1 aliphatic carbocycles. The summed E-state index contributed by atoms with van der Waals surface area (Å²) in [6.45, 7) is 1.87. The molecule has 1 saturated heterocycles. The van der Waals surface area contributed by atoms with E-state index >= 15 is 0 Å². The summed E-state index contributed by atoms with van der Waals surface area (Å²) in [6.07, 6.45) is 10.1. The third-order valence-corrected chi connectivity index (χ3v) is 5.49. The van der Waals surface area contributed by atoms with Crippen LogP contribution in [0.15, 0.2) is 24.3 Å². The molecule has 0 atom stereocenters. The van der Waals surface area contributed by atoms with Crippen molar-refractivity contribution in [2.24, 2.45) is 5.92 Å². The standard InChI is InChI=1S/C21H31N3O2/c25-20(16-24-14-6-2-1-3-9-21(24)26)23-19-12-10-18(11-13-19)22-15-17-7-4-5-8-17/h10-13,17,22H,1-9,14-16H2,(H,23,25). The fourth-order valence-electron chi connectivity index (χ4n) is 3.90. The first-order valence-corrected chi connectivity index (χ1v) is 10.1. The highest BCUT2D eigenvalue weighted by Crippen LogP contribution is 2.25. The van der Waals surface area contributed by atoms with Gasteiger partial charge in [-0.15, -0.1) is 0 Å². The Labute approximate surface area is 156 Å². The van der Waals surface area contributed by atoms with E-state index in [1.54, 1.807) is 4.90 Å². The minimum Gasteiger partial charge on any atom is -0.385 e. The third-order valence-electron chi connectivity index (χ3n) is 5.49. The average Bonchev–Trinajstić information content (AvgIpc) is 3.14. The molecule has 5 heteroatoms. The zero-order chi connectivity index (χ0) is 18.2. The molecule has 3 rings (SSSR count). The maximum absolute atomic E-state index is 12.3. The quantitative estimate of drug-likeness (QED) is 0.808. The normalized spacial score (nSPS) is 19.1. The van der Waals surface area contributed by atoms with Crippen LogP contribution < -0.4 is 10.6 Å². The molecular formula is C21H31N3O2. The molecule has 0 unspecified atom stereocenters. The van der Waals surface area contributed by atoms with Crippen LogP contribution in [0.25, 0.3) is 0 Å². The van der Waals surface area contributed by atoms with Crippen molar-refractivity contribution < 1.29 is 9.59 Å². The van der Waals surface area contributed by atoms with Crippen molar-refractivity contribution in [3.63, 3.8) is 0 Å². The number of amides is 2. The van der Waals surface area contributed by atoms with Crippen LogP contribution in [0, 0.1) is 5.92 Å². The minimum atomic E-state index is -0.120. The summed E-state index contributed by atoms with van der Waals surface area (Å²) in [4.78, 5) is 26.1. The van der Waals surface area contributed by atoms with Crippen molar-refractivity contribution >= 4 is 23.2 Å². The molecule has 0 bridgehead atoms. The van der Waals surface area contributed by atoms with E-state index in [2.05, 4.69) is 10.6 Å². The summed E-state index contributed by atoms with van der Waals surface area (Å²) in [5.41, 5.74) is 1.87. The largest absolute Gasteiger partial charge is 0.385 e. The van der Waals surface area contributed by atoms with Crippen molar-refractivity contribution in [1.29, 1.82) is 0 Å². The number of carbonyl (C=O) groups excluding carboxylic acids is 2. The Bertz CT molecular complexity index is 594. The number of carbonyl (C=O) groups is 2. The highest BCUT2D eigenvalue weighted by atomic mass is 16.2. The fourth-order valence-corrected chi connectivity index (χ4v) is 3.90. The molecule has 2 N–H and O–H groups in total. The van der Waals surface area contributed by atoms with Crippen molar-refractivity contribution in [2.45, 2.75) is 57.8 Å². The molecule has 2 amide bonds. The SMILES string of the molecule is O=C(CN1CCCCCCC1=O)Nc1ccc(NCC2CCCC2)cc1. The van der Waals surface area contributed by atoms with Crippen molar-refractivity contribution in [1.82, 2.24) is 4.90 Å². The lowest BCUT2D eigenvalue weighted by molar-refractivity contribution is -0.135. The molecule has 1 heterocycles. The van der Waals surface area contributed by atoms with Crippen LogP contribution in [0.1, 0.15) is 57.8 Å². The Morgan fingerprint density at radius 3 is 2.42 bits per heavy atom. The van der Waals surface area contributed by atoms with E-state index in [1.165, 1.54) is 25.7 Å². The van der Waals surface area contributed by atoms with Gasteiger partial charge in [0.2, 0.25) is 11.8 Å². The van der Waals surface area contributed by atoms with Gasteiger partial charge in [0.05, 0.1) is 6.54 Å². The van der Waals surface area contributed by atoms with Gasteiger partial charge < -0.3 is 15.5 Å². The molecule has 1 aliphatic heterocycles. The van der Waals surface area contributed by atoms with Crippen LogP contribution in [-0.4, -0.2) is 36.3 Å². The second-order valence-corrected chi connectivity index (χ2v) is 7.64. The summed E-state index contributed by atoms with van der Waals surface area (Å²) < 4.78 is 0. The van der Waals surface area contributed by atoms with Gasteiger partial charge in [-0.05, 0) is 55.9 Å². The lowest BCUT2D eigenvalue weighted by Crippen LogP contribution is -2.39.